The summed E-state index contributed by atoms with van der Waals surface area (Å²) in [7, 11) is 0. The quantitative estimate of drug-likeness (QED) is 0.288. The molecular formula is C26H24BrCl3N2O3. The number of rotatable bonds is 10. The van der Waals surface area contributed by atoms with Crippen molar-refractivity contribution in [2.24, 2.45) is 0 Å². The van der Waals surface area contributed by atoms with Gasteiger partial charge in [-0.2, -0.15) is 0 Å². The van der Waals surface area contributed by atoms with E-state index in [1.54, 1.807) is 36.4 Å². The molecule has 1 atom stereocenters. The van der Waals surface area contributed by atoms with Crippen molar-refractivity contribution in [1.82, 2.24) is 10.2 Å². The van der Waals surface area contributed by atoms with Gasteiger partial charge in [-0.1, -0.05) is 87.1 Å². The zero-order valence-electron chi connectivity index (χ0n) is 18.9. The third-order valence-electron chi connectivity index (χ3n) is 5.20. The Morgan fingerprint density at radius 1 is 0.943 bits per heavy atom. The predicted octanol–water partition coefficient (Wildman–Crippen LogP) is 6.56. The Morgan fingerprint density at radius 2 is 1.69 bits per heavy atom. The molecular weight excluding hydrogens is 575 g/mol. The van der Waals surface area contributed by atoms with E-state index in [0.717, 1.165) is 15.6 Å². The summed E-state index contributed by atoms with van der Waals surface area (Å²) < 4.78 is 6.53. The average Bonchev–Trinajstić information content (AvgIpc) is 2.83. The van der Waals surface area contributed by atoms with E-state index in [0.29, 0.717) is 33.8 Å². The molecule has 9 heteroatoms. The molecule has 0 heterocycles. The van der Waals surface area contributed by atoms with Gasteiger partial charge in [0.2, 0.25) is 5.91 Å². The summed E-state index contributed by atoms with van der Waals surface area (Å²) in [5.41, 5.74) is 1.66. The zero-order valence-corrected chi connectivity index (χ0v) is 22.8. The number of likely N-dealkylation sites (N-methyl/N-ethyl adjacent to an activating group) is 1. The molecule has 0 bridgehead atoms. The third-order valence-corrected chi connectivity index (χ3v) is 6.73. The van der Waals surface area contributed by atoms with Gasteiger partial charge < -0.3 is 15.0 Å². The molecule has 0 aliphatic rings. The normalized spacial score (nSPS) is 11.6. The molecule has 0 saturated heterocycles. The molecule has 184 valence electrons. The first-order valence-electron chi connectivity index (χ1n) is 10.9. The second-order valence-corrected chi connectivity index (χ2v) is 9.87. The maximum absolute atomic E-state index is 13.5. The SMILES string of the molecule is CCNC(=O)[C@H](Cc1ccccc1)N(Cc1ccc(Cl)c(Cl)c1)C(=O)COc1ccc(Br)cc1Cl. The van der Waals surface area contributed by atoms with Crippen LogP contribution in [-0.2, 0) is 22.6 Å². The number of hydrogen-bond acceptors (Lipinski definition) is 3. The fourth-order valence-electron chi connectivity index (χ4n) is 3.50. The Kier molecular flexibility index (Phi) is 10.3. The second-order valence-electron chi connectivity index (χ2n) is 7.73. The monoisotopic (exact) mass is 596 g/mol. The smallest absolute Gasteiger partial charge is 0.261 e. The Balaban J connectivity index is 1.92. The number of nitrogens with one attached hydrogen (secondary N) is 1. The van der Waals surface area contributed by atoms with Gasteiger partial charge in [-0.3, -0.25) is 9.59 Å². The fourth-order valence-corrected chi connectivity index (χ4v) is 4.54. The van der Waals surface area contributed by atoms with E-state index in [4.69, 9.17) is 39.5 Å². The zero-order chi connectivity index (χ0) is 25.4. The van der Waals surface area contributed by atoms with Gasteiger partial charge in [0, 0.05) is 24.0 Å². The highest BCUT2D eigenvalue weighted by Crippen LogP contribution is 2.28. The fraction of sp³-hybridized carbons (Fsp3) is 0.231. The van der Waals surface area contributed by atoms with Gasteiger partial charge in [-0.25, -0.2) is 0 Å². The lowest BCUT2D eigenvalue weighted by atomic mass is 10.0. The van der Waals surface area contributed by atoms with Gasteiger partial charge >= 0.3 is 0 Å². The summed E-state index contributed by atoms with van der Waals surface area (Å²) in [6.07, 6.45) is 0.332. The van der Waals surface area contributed by atoms with Crippen LogP contribution in [0.25, 0.3) is 0 Å². The van der Waals surface area contributed by atoms with Gasteiger partial charge in [0.1, 0.15) is 11.8 Å². The predicted molar refractivity (Wildman–Crippen MR) is 144 cm³/mol. The lowest BCUT2D eigenvalue weighted by molar-refractivity contribution is -0.142. The first-order chi connectivity index (χ1) is 16.8. The van der Waals surface area contributed by atoms with E-state index in [-0.39, 0.29) is 25.0 Å². The number of benzene rings is 3. The molecule has 0 saturated carbocycles. The number of carbonyl (C=O) groups is 2. The van der Waals surface area contributed by atoms with Crippen LogP contribution in [0.2, 0.25) is 15.1 Å². The summed E-state index contributed by atoms with van der Waals surface area (Å²) >= 11 is 21.9. The van der Waals surface area contributed by atoms with Crippen molar-refractivity contribution in [3.8, 4) is 5.75 Å². The van der Waals surface area contributed by atoms with E-state index in [1.807, 2.05) is 37.3 Å². The van der Waals surface area contributed by atoms with E-state index < -0.39 is 6.04 Å². The summed E-state index contributed by atoms with van der Waals surface area (Å²) in [6.45, 7) is 2.11. The van der Waals surface area contributed by atoms with Gasteiger partial charge in [-0.05, 0) is 48.4 Å². The van der Waals surface area contributed by atoms with Gasteiger partial charge in [0.05, 0.1) is 15.1 Å². The van der Waals surface area contributed by atoms with Crippen molar-refractivity contribution in [3.63, 3.8) is 0 Å². The molecule has 0 aromatic heterocycles. The van der Waals surface area contributed by atoms with Crippen LogP contribution in [0.15, 0.2) is 71.2 Å². The molecule has 3 aromatic carbocycles. The van der Waals surface area contributed by atoms with E-state index in [9.17, 15) is 9.59 Å². The standard InChI is InChI=1S/C26H24BrCl3N2O3/c1-2-31-26(34)23(13-17-6-4-3-5-7-17)32(15-18-8-10-20(28)21(29)12-18)25(33)16-35-24-11-9-19(27)14-22(24)30/h3-12,14,23H,2,13,15-16H2,1H3,(H,31,34)/t23-/m0/s1. The van der Waals surface area contributed by atoms with Crippen LogP contribution in [0.5, 0.6) is 5.75 Å². The van der Waals surface area contributed by atoms with Crippen LogP contribution in [-0.4, -0.2) is 35.9 Å². The molecule has 5 nitrogen and oxygen atoms in total. The summed E-state index contributed by atoms with van der Waals surface area (Å²) in [6, 6.07) is 19.0. The largest absolute Gasteiger partial charge is 0.482 e. The minimum atomic E-state index is -0.775. The number of carbonyl (C=O) groups excluding carboxylic acids is 2. The number of amides is 2. The van der Waals surface area contributed by atoms with Crippen molar-refractivity contribution in [1.29, 1.82) is 0 Å². The molecule has 35 heavy (non-hydrogen) atoms. The maximum atomic E-state index is 13.5. The number of halogens is 4. The molecule has 3 rings (SSSR count). The highest BCUT2D eigenvalue weighted by Gasteiger charge is 2.30. The van der Waals surface area contributed by atoms with Crippen LogP contribution in [0, 0.1) is 0 Å². The molecule has 0 spiro atoms. The van der Waals surface area contributed by atoms with Crippen molar-refractivity contribution in [3.05, 3.63) is 97.4 Å². The minimum absolute atomic E-state index is 0.141. The molecule has 3 aromatic rings. The Bertz CT molecular complexity index is 1180. The summed E-state index contributed by atoms with van der Waals surface area (Å²) in [4.78, 5) is 28.2. The van der Waals surface area contributed by atoms with E-state index in [1.165, 1.54) is 4.90 Å². The topological polar surface area (TPSA) is 58.6 Å². The van der Waals surface area contributed by atoms with Crippen LogP contribution in [0.1, 0.15) is 18.1 Å². The van der Waals surface area contributed by atoms with Crippen LogP contribution in [0.3, 0.4) is 0 Å². The second kappa shape index (κ2) is 13.2. The maximum Gasteiger partial charge on any atom is 0.261 e. The van der Waals surface area contributed by atoms with Crippen LogP contribution in [0.4, 0.5) is 0 Å². The highest BCUT2D eigenvalue weighted by molar-refractivity contribution is 9.10. The van der Waals surface area contributed by atoms with Crippen LogP contribution < -0.4 is 10.1 Å². The Labute approximate surface area is 228 Å². The van der Waals surface area contributed by atoms with Gasteiger partial charge in [0.25, 0.3) is 5.91 Å². The molecule has 2 amide bonds. The van der Waals surface area contributed by atoms with Gasteiger partial charge in [0.15, 0.2) is 6.61 Å². The number of ether oxygens (including phenoxy) is 1. The molecule has 0 fully saturated rings. The molecule has 0 unspecified atom stereocenters. The van der Waals surface area contributed by atoms with Crippen molar-refractivity contribution < 1.29 is 14.3 Å². The van der Waals surface area contributed by atoms with Gasteiger partial charge in [-0.15, -0.1) is 0 Å². The lowest BCUT2D eigenvalue weighted by Gasteiger charge is -2.31. The summed E-state index contributed by atoms with van der Waals surface area (Å²) in [5.74, 6) is -0.260. The minimum Gasteiger partial charge on any atom is -0.482 e. The number of hydrogen-bond donors (Lipinski definition) is 1. The lowest BCUT2D eigenvalue weighted by Crippen LogP contribution is -2.51. The van der Waals surface area contributed by atoms with Crippen LogP contribution >= 0.6 is 50.7 Å². The van der Waals surface area contributed by atoms with Crippen molar-refractivity contribution >= 4 is 62.5 Å². The third kappa shape index (κ3) is 7.87. The Morgan fingerprint density at radius 3 is 2.34 bits per heavy atom. The van der Waals surface area contributed by atoms with Crippen molar-refractivity contribution in [2.45, 2.75) is 25.9 Å². The first-order valence-corrected chi connectivity index (χ1v) is 12.8. The average molecular weight is 599 g/mol. The molecule has 0 aliphatic heterocycles. The molecule has 1 N–H and O–H groups in total. The first kappa shape index (κ1) is 27.3. The van der Waals surface area contributed by atoms with Crippen molar-refractivity contribution in [2.75, 3.05) is 13.2 Å². The molecule has 0 radical (unpaired) electrons. The Hall–Kier alpha value is -2.25. The van der Waals surface area contributed by atoms with E-state index in [2.05, 4.69) is 21.2 Å². The highest BCUT2D eigenvalue weighted by atomic mass is 79.9. The van der Waals surface area contributed by atoms with E-state index >= 15 is 0 Å². The summed E-state index contributed by atoms with van der Waals surface area (Å²) in [5, 5.41) is 3.99. The number of nitrogens with zero attached hydrogens (tertiary/aromatic N) is 1. The molecule has 0 aliphatic carbocycles.